The standard InChI is InChI=1S/C48H74O16/c1-29-18-16-14-12-10-8-6-7-9-11-13-15-17-19-37(63-47-40(54)22-30(2)32(4)62-47)26-42-44(46(58)59)41(55)28-48(60,64-42)27-36(51)24-39(53)38(52)21-20-34(49)23-35(50)25-43(56)61-33(5)31(3)45(29)57/h6-19,29-42,44-45,47,49-55,57,60H,20-28H2,1-5H3,(H,58,59)/b7-6+,10-8+,11-9+,14-12+,15-13+,18-16+,19-17+/t29-,30?,31-,32?,33-,34?,35?,36?,37-,38+,39?,40?,41-,42?,44+,45+,47?,48+/m0/s1. The fourth-order valence-corrected chi connectivity index (χ4v) is 8.03. The maximum atomic E-state index is 12.6. The molecule has 18 atom stereocenters. The fourth-order valence-electron chi connectivity index (χ4n) is 8.03. The summed E-state index contributed by atoms with van der Waals surface area (Å²) in [6.45, 7) is 9.03. The van der Waals surface area contributed by atoms with E-state index < -0.39 is 129 Å². The van der Waals surface area contributed by atoms with Gasteiger partial charge in [-0.2, -0.15) is 0 Å². The van der Waals surface area contributed by atoms with Crippen molar-refractivity contribution in [1.82, 2.24) is 0 Å². The van der Waals surface area contributed by atoms with Crippen LogP contribution in [0.2, 0.25) is 0 Å². The number of carbonyl (C=O) groups is 2. The van der Waals surface area contributed by atoms with Crippen LogP contribution in [0.4, 0.5) is 0 Å². The second-order valence-corrected chi connectivity index (χ2v) is 17.8. The van der Waals surface area contributed by atoms with Crippen molar-refractivity contribution in [2.24, 2.45) is 23.7 Å². The third-order valence-electron chi connectivity index (χ3n) is 12.2. The maximum Gasteiger partial charge on any atom is 0.311 e. The van der Waals surface area contributed by atoms with Crippen molar-refractivity contribution in [2.75, 3.05) is 0 Å². The molecule has 2 fully saturated rings. The molecular weight excluding hydrogens is 833 g/mol. The summed E-state index contributed by atoms with van der Waals surface area (Å²) >= 11 is 0. The number of aliphatic hydroxyl groups is 9. The van der Waals surface area contributed by atoms with Gasteiger partial charge in [0.2, 0.25) is 0 Å². The first-order valence-electron chi connectivity index (χ1n) is 22.5. The first-order valence-corrected chi connectivity index (χ1v) is 22.5. The van der Waals surface area contributed by atoms with Gasteiger partial charge in [-0.05, 0) is 45.4 Å². The van der Waals surface area contributed by atoms with Crippen LogP contribution in [0.25, 0.3) is 0 Å². The molecule has 3 aliphatic heterocycles. The van der Waals surface area contributed by atoms with Crippen molar-refractivity contribution >= 4 is 11.9 Å². The summed E-state index contributed by atoms with van der Waals surface area (Å²) < 4.78 is 23.6. The van der Waals surface area contributed by atoms with Crippen LogP contribution in [0, 0.1) is 23.7 Å². The van der Waals surface area contributed by atoms with Crippen LogP contribution in [0.15, 0.2) is 85.1 Å². The van der Waals surface area contributed by atoms with Gasteiger partial charge < -0.3 is 70.0 Å². The van der Waals surface area contributed by atoms with E-state index in [1.165, 1.54) is 0 Å². The molecule has 0 spiro atoms. The van der Waals surface area contributed by atoms with Crippen molar-refractivity contribution < 1.29 is 79.6 Å². The number of carbonyl (C=O) groups excluding carboxylic acids is 1. The van der Waals surface area contributed by atoms with Gasteiger partial charge in [0.05, 0.1) is 67.5 Å². The number of hydrogen-bond donors (Lipinski definition) is 10. The molecule has 0 aromatic carbocycles. The van der Waals surface area contributed by atoms with Gasteiger partial charge in [-0.15, -0.1) is 0 Å². The smallest absolute Gasteiger partial charge is 0.311 e. The number of fused-ring (bicyclic) bond motifs is 2. The first kappa shape index (κ1) is 55.0. The number of esters is 1. The minimum Gasteiger partial charge on any atom is -0.481 e. The highest BCUT2D eigenvalue weighted by atomic mass is 16.7. The Morgan fingerprint density at radius 3 is 1.81 bits per heavy atom. The highest BCUT2D eigenvalue weighted by molar-refractivity contribution is 5.71. The molecule has 3 rings (SSSR count). The average Bonchev–Trinajstić information content (AvgIpc) is 3.19. The van der Waals surface area contributed by atoms with E-state index in [9.17, 15) is 60.7 Å². The van der Waals surface area contributed by atoms with Gasteiger partial charge in [-0.25, -0.2) is 0 Å². The monoisotopic (exact) mass is 906 g/mol. The quantitative estimate of drug-likeness (QED) is 0.182. The molecule has 3 heterocycles. The lowest BCUT2D eigenvalue weighted by atomic mass is 9.82. The Hall–Kier alpha value is -3.36. The van der Waals surface area contributed by atoms with Gasteiger partial charge in [-0.1, -0.05) is 106 Å². The predicted molar refractivity (Wildman–Crippen MR) is 237 cm³/mol. The van der Waals surface area contributed by atoms with Crippen LogP contribution in [-0.2, 0) is 28.5 Å². The Kier molecular flexibility index (Phi) is 23.5. The minimum atomic E-state index is -2.27. The molecule has 0 aromatic rings. The molecule has 0 saturated carbocycles. The zero-order chi connectivity index (χ0) is 47.6. The number of aliphatic hydroxyl groups excluding tert-OH is 8. The van der Waals surface area contributed by atoms with Crippen LogP contribution in [0.3, 0.4) is 0 Å². The summed E-state index contributed by atoms with van der Waals surface area (Å²) in [6, 6.07) is 0. The van der Waals surface area contributed by atoms with E-state index in [1.807, 2.05) is 63.3 Å². The van der Waals surface area contributed by atoms with E-state index >= 15 is 0 Å². The number of carboxylic acid groups (broad SMARTS) is 1. The highest BCUT2D eigenvalue weighted by Crippen LogP contribution is 2.38. The normalized spacial score (nSPS) is 44.8. The van der Waals surface area contributed by atoms with Crippen LogP contribution < -0.4 is 0 Å². The summed E-state index contributed by atoms with van der Waals surface area (Å²) in [4.78, 5) is 25.1. The number of aliphatic carboxylic acids is 1. The van der Waals surface area contributed by atoms with Crippen molar-refractivity contribution in [3.05, 3.63) is 85.1 Å². The Morgan fingerprint density at radius 1 is 0.641 bits per heavy atom. The van der Waals surface area contributed by atoms with Crippen LogP contribution in [0.5, 0.6) is 0 Å². The summed E-state index contributed by atoms with van der Waals surface area (Å²) in [6.07, 6.45) is 7.76. The second-order valence-electron chi connectivity index (χ2n) is 17.8. The molecule has 16 nitrogen and oxygen atoms in total. The van der Waals surface area contributed by atoms with Gasteiger partial charge in [0, 0.05) is 37.5 Å². The van der Waals surface area contributed by atoms with E-state index in [0.29, 0.717) is 6.42 Å². The molecule has 0 amide bonds. The lowest BCUT2D eigenvalue weighted by Gasteiger charge is -2.45. The topological polar surface area (TPSA) is 273 Å². The average molecular weight is 907 g/mol. The Bertz CT molecular complexity index is 1620. The summed E-state index contributed by atoms with van der Waals surface area (Å²) in [5.74, 6) is -6.56. The molecule has 0 radical (unpaired) electrons. The van der Waals surface area contributed by atoms with E-state index in [2.05, 4.69) is 0 Å². The molecule has 2 saturated heterocycles. The maximum absolute atomic E-state index is 12.6. The zero-order valence-corrected chi connectivity index (χ0v) is 37.7. The molecule has 0 aromatic heterocycles. The lowest BCUT2D eigenvalue weighted by Crippen LogP contribution is -2.56. The second kappa shape index (κ2) is 27.3. The Balaban J connectivity index is 1.84. The molecule has 16 heteroatoms. The lowest BCUT2D eigenvalue weighted by molar-refractivity contribution is -0.306. The fraction of sp³-hybridized carbons (Fsp3) is 0.667. The van der Waals surface area contributed by atoms with E-state index in [0.717, 1.165) is 0 Å². The molecular formula is C48H74O16. The predicted octanol–water partition coefficient (Wildman–Crippen LogP) is 3.05. The van der Waals surface area contributed by atoms with E-state index in [-0.39, 0.29) is 43.6 Å². The third-order valence-corrected chi connectivity index (χ3v) is 12.2. The summed E-state index contributed by atoms with van der Waals surface area (Å²) in [7, 11) is 0. The van der Waals surface area contributed by atoms with E-state index in [1.54, 1.807) is 56.4 Å². The van der Waals surface area contributed by atoms with Crippen molar-refractivity contribution in [1.29, 1.82) is 0 Å². The van der Waals surface area contributed by atoms with Gasteiger partial charge in [-0.3, -0.25) is 9.59 Å². The number of hydrogen-bond acceptors (Lipinski definition) is 15. The number of cyclic esters (lactones) is 1. The number of rotatable bonds is 3. The van der Waals surface area contributed by atoms with Gasteiger partial charge in [0.15, 0.2) is 12.1 Å². The molecule has 9 unspecified atom stereocenters. The molecule has 10 N–H and O–H groups in total. The molecule has 3 aliphatic rings. The number of ether oxygens (including phenoxy) is 4. The largest absolute Gasteiger partial charge is 0.481 e. The SMILES string of the molecule is CC1CC(O)C(O[C@H]2/C=C/C=C/C=C/C=C/C=C/C=C/C=C/[C@H](C)[C@@H](O)[C@@H](C)[C@H](C)OC(=O)CC(O)CC(O)CC[C@@H](O)C(O)CC(O)C[C@]3(O)C[C@H](O)[C@@H](C(=O)O)C(C2)O3)OC1C. The van der Waals surface area contributed by atoms with Crippen molar-refractivity contribution in [2.45, 2.75) is 178 Å². The Labute approximate surface area is 377 Å². The molecule has 0 aliphatic carbocycles. The van der Waals surface area contributed by atoms with Crippen LogP contribution >= 0.6 is 0 Å². The van der Waals surface area contributed by atoms with Gasteiger partial charge >= 0.3 is 11.9 Å². The molecule has 64 heavy (non-hydrogen) atoms. The van der Waals surface area contributed by atoms with Gasteiger partial charge in [0.1, 0.15) is 18.1 Å². The first-order chi connectivity index (χ1) is 30.2. The Morgan fingerprint density at radius 2 is 1.22 bits per heavy atom. The summed E-state index contributed by atoms with van der Waals surface area (Å²) in [5.41, 5.74) is 0. The summed E-state index contributed by atoms with van der Waals surface area (Å²) in [5, 5.41) is 108. The zero-order valence-electron chi connectivity index (χ0n) is 37.7. The van der Waals surface area contributed by atoms with Crippen molar-refractivity contribution in [3.8, 4) is 0 Å². The molecule has 362 valence electrons. The van der Waals surface area contributed by atoms with Crippen LogP contribution in [-0.4, -0.2) is 148 Å². The van der Waals surface area contributed by atoms with Gasteiger partial charge in [0.25, 0.3) is 0 Å². The third kappa shape index (κ3) is 18.9. The minimum absolute atomic E-state index is 0.0430. The number of carboxylic acids is 1. The van der Waals surface area contributed by atoms with Crippen molar-refractivity contribution in [3.63, 3.8) is 0 Å². The number of allylic oxidation sites excluding steroid dienone is 12. The van der Waals surface area contributed by atoms with Crippen LogP contribution in [0.1, 0.15) is 92.4 Å². The highest BCUT2D eigenvalue weighted by Gasteiger charge is 2.50. The molecule has 2 bridgehead atoms. The van der Waals surface area contributed by atoms with E-state index in [4.69, 9.17) is 18.9 Å².